The predicted molar refractivity (Wildman–Crippen MR) is 130 cm³/mol. The molecule has 0 aliphatic heterocycles. The zero-order chi connectivity index (χ0) is 21.6. The standard InChI is InChI=1S/C24H28N2O2S2/c1-3-12-19(4-2)17-23(28)29-16-11-6-5-10-15-22(27)26-24-25-21(18-30-24)20-13-8-7-9-14-20/h3-4,7-9,12-14,18H,1-2,5-6,10-11,15-17H2,(H,25,26,27)/b19-12+. The van der Waals surface area contributed by atoms with Crippen molar-refractivity contribution in [1.82, 2.24) is 4.98 Å². The van der Waals surface area contributed by atoms with Crippen LogP contribution in [0.4, 0.5) is 5.13 Å². The highest BCUT2D eigenvalue weighted by molar-refractivity contribution is 8.13. The number of nitrogens with one attached hydrogen (secondary N) is 1. The molecule has 1 N–H and O–H groups in total. The van der Waals surface area contributed by atoms with E-state index in [-0.39, 0.29) is 11.0 Å². The van der Waals surface area contributed by atoms with E-state index in [9.17, 15) is 9.59 Å². The van der Waals surface area contributed by atoms with E-state index in [4.69, 9.17) is 0 Å². The van der Waals surface area contributed by atoms with Gasteiger partial charge in [0.15, 0.2) is 10.2 Å². The number of amides is 1. The van der Waals surface area contributed by atoms with E-state index in [0.717, 1.165) is 48.3 Å². The Bertz CT molecular complexity index is 872. The molecule has 0 aliphatic carbocycles. The van der Waals surface area contributed by atoms with E-state index in [2.05, 4.69) is 23.5 Å². The molecule has 0 saturated heterocycles. The Morgan fingerprint density at radius 3 is 2.60 bits per heavy atom. The van der Waals surface area contributed by atoms with Gasteiger partial charge >= 0.3 is 0 Å². The Kier molecular flexibility index (Phi) is 10.9. The number of carbonyl (C=O) groups is 2. The molecule has 2 rings (SSSR count). The number of hydrogen-bond acceptors (Lipinski definition) is 5. The van der Waals surface area contributed by atoms with Crippen LogP contribution >= 0.6 is 23.1 Å². The number of thiazole rings is 1. The average molecular weight is 441 g/mol. The molecule has 2 aromatic rings. The third-order valence-corrected chi connectivity index (χ3v) is 6.04. The van der Waals surface area contributed by atoms with Crippen LogP contribution < -0.4 is 5.32 Å². The number of unbranched alkanes of at least 4 members (excludes halogenated alkanes) is 3. The second-order valence-electron chi connectivity index (χ2n) is 6.69. The summed E-state index contributed by atoms with van der Waals surface area (Å²) in [5.41, 5.74) is 2.82. The van der Waals surface area contributed by atoms with Gasteiger partial charge in [-0.2, -0.15) is 0 Å². The largest absolute Gasteiger partial charge is 0.302 e. The number of rotatable bonds is 13. The molecule has 1 aromatic carbocycles. The number of thioether (sulfide) groups is 1. The third-order valence-electron chi connectivity index (χ3n) is 4.32. The smallest absolute Gasteiger partial charge is 0.226 e. The summed E-state index contributed by atoms with van der Waals surface area (Å²) >= 11 is 2.81. The number of carbonyl (C=O) groups excluding carboxylic acids is 2. The fourth-order valence-electron chi connectivity index (χ4n) is 2.75. The van der Waals surface area contributed by atoms with Crippen molar-refractivity contribution in [3.63, 3.8) is 0 Å². The summed E-state index contributed by atoms with van der Waals surface area (Å²) in [6.45, 7) is 7.34. The van der Waals surface area contributed by atoms with Crippen molar-refractivity contribution in [3.05, 3.63) is 72.7 Å². The van der Waals surface area contributed by atoms with Crippen molar-refractivity contribution in [3.8, 4) is 11.3 Å². The minimum atomic E-state index is -0.000486. The monoisotopic (exact) mass is 440 g/mol. The van der Waals surface area contributed by atoms with Gasteiger partial charge in [-0.25, -0.2) is 4.98 Å². The Morgan fingerprint density at radius 2 is 1.87 bits per heavy atom. The van der Waals surface area contributed by atoms with Gasteiger partial charge in [0, 0.05) is 29.5 Å². The average Bonchev–Trinajstić information content (AvgIpc) is 3.21. The maximum atomic E-state index is 12.1. The van der Waals surface area contributed by atoms with Gasteiger partial charge in [-0.05, 0) is 18.4 Å². The van der Waals surface area contributed by atoms with Crippen molar-refractivity contribution >= 4 is 39.3 Å². The number of hydrogen-bond donors (Lipinski definition) is 1. The summed E-state index contributed by atoms with van der Waals surface area (Å²) in [6.07, 6.45) is 9.85. The van der Waals surface area contributed by atoms with Gasteiger partial charge in [-0.15, -0.1) is 11.3 Å². The molecule has 30 heavy (non-hydrogen) atoms. The molecular weight excluding hydrogens is 412 g/mol. The second-order valence-corrected chi connectivity index (χ2v) is 8.71. The molecule has 0 bridgehead atoms. The fourth-order valence-corrected chi connectivity index (χ4v) is 4.33. The van der Waals surface area contributed by atoms with E-state index in [1.165, 1.54) is 23.1 Å². The lowest BCUT2D eigenvalue weighted by atomic mass is 10.1. The SMILES string of the molecule is C=C/C=C(\C=C)CC(=O)SCCCCCCC(=O)Nc1nc(-c2ccccc2)cs1. The van der Waals surface area contributed by atoms with Gasteiger partial charge in [-0.3, -0.25) is 9.59 Å². The minimum absolute atomic E-state index is 0.000486. The molecule has 0 radical (unpaired) electrons. The molecule has 0 saturated carbocycles. The summed E-state index contributed by atoms with van der Waals surface area (Å²) in [5, 5.41) is 5.63. The van der Waals surface area contributed by atoms with Gasteiger partial charge in [0.25, 0.3) is 0 Å². The van der Waals surface area contributed by atoms with Crippen molar-refractivity contribution < 1.29 is 9.59 Å². The topological polar surface area (TPSA) is 59.1 Å². The molecule has 1 amide bonds. The molecule has 0 spiro atoms. The van der Waals surface area contributed by atoms with Crippen molar-refractivity contribution in [1.29, 1.82) is 0 Å². The van der Waals surface area contributed by atoms with Crippen molar-refractivity contribution in [2.24, 2.45) is 0 Å². The Labute approximate surface area is 187 Å². The zero-order valence-corrected chi connectivity index (χ0v) is 18.8. The summed E-state index contributed by atoms with van der Waals surface area (Å²) in [6, 6.07) is 9.92. The highest BCUT2D eigenvalue weighted by Gasteiger charge is 2.08. The number of benzene rings is 1. The molecule has 158 valence electrons. The first kappa shape index (κ1) is 23.8. The third kappa shape index (κ3) is 8.93. The Morgan fingerprint density at radius 1 is 1.10 bits per heavy atom. The molecular formula is C24H28N2O2S2. The van der Waals surface area contributed by atoms with Crippen LogP contribution in [0.1, 0.15) is 38.5 Å². The van der Waals surface area contributed by atoms with Crippen LogP contribution in [0.3, 0.4) is 0 Å². The summed E-state index contributed by atoms with van der Waals surface area (Å²) in [5.74, 6) is 0.810. The lowest BCUT2D eigenvalue weighted by Gasteiger charge is -2.03. The van der Waals surface area contributed by atoms with Crippen LogP contribution in [0.15, 0.2) is 72.7 Å². The highest BCUT2D eigenvalue weighted by Crippen LogP contribution is 2.24. The Balaban J connectivity index is 1.56. The van der Waals surface area contributed by atoms with Crippen LogP contribution in [0.5, 0.6) is 0 Å². The summed E-state index contributed by atoms with van der Waals surface area (Å²) in [4.78, 5) is 28.5. The fraction of sp³-hybridized carbons (Fsp3) is 0.292. The number of allylic oxidation sites excluding steroid dienone is 4. The van der Waals surface area contributed by atoms with Crippen LogP contribution in [-0.2, 0) is 9.59 Å². The first-order chi connectivity index (χ1) is 14.6. The maximum absolute atomic E-state index is 12.1. The zero-order valence-electron chi connectivity index (χ0n) is 17.1. The van der Waals surface area contributed by atoms with Crippen LogP contribution in [0, 0.1) is 0 Å². The first-order valence-electron chi connectivity index (χ1n) is 10.0. The van der Waals surface area contributed by atoms with Gasteiger partial charge in [0.05, 0.1) is 5.69 Å². The number of aromatic nitrogens is 1. The molecule has 0 unspecified atom stereocenters. The second kappa shape index (κ2) is 13.7. The van der Waals surface area contributed by atoms with E-state index in [1.54, 1.807) is 12.2 Å². The van der Waals surface area contributed by atoms with E-state index in [0.29, 0.717) is 18.0 Å². The van der Waals surface area contributed by atoms with E-state index < -0.39 is 0 Å². The molecule has 0 fully saturated rings. The molecule has 4 nitrogen and oxygen atoms in total. The quantitative estimate of drug-likeness (QED) is 0.280. The van der Waals surface area contributed by atoms with Crippen molar-refractivity contribution in [2.75, 3.05) is 11.1 Å². The van der Waals surface area contributed by atoms with Gasteiger partial charge in [0.2, 0.25) is 5.91 Å². The summed E-state index contributed by atoms with van der Waals surface area (Å²) in [7, 11) is 0. The lowest BCUT2D eigenvalue weighted by Crippen LogP contribution is -2.10. The van der Waals surface area contributed by atoms with Crippen LogP contribution in [0.25, 0.3) is 11.3 Å². The molecule has 6 heteroatoms. The lowest BCUT2D eigenvalue weighted by molar-refractivity contribution is -0.116. The molecule has 1 aromatic heterocycles. The summed E-state index contributed by atoms with van der Waals surface area (Å²) < 4.78 is 0. The van der Waals surface area contributed by atoms with E-state index >= 15 is 0 Å². The van der Waals surface area contributed by atoms with Crippen LogP contribution in [0.2, 0.25) is 0 Å². The molecule has 0 aliphatic rings. The Hall–Kier alpha value is -2.44. The minimum Gasteiger partial charge on any atom is -0.302 e. The van der Waals surface area contributed by atoms with Crippen LogP contribution in [-0.4, -0.2) is 21.8 Å². The first-order valence-corrected chi connectivity index (χ1v) is 11.9. The molecule has 1 heterocycles. The van der Waals surface area contributed by atoms with E-state index in [1.807, 2.05) is 41.8 Å². The van der Waals surface area contributed by atoms with Gasteiger partial charge < -0.3 is 5.32 Å². The number of nitrogens with zero attached hydrogens (tertiary/aromatic N) is 1. The van der Waals surface area contributed by atoms with Crippen molar-refractivity contribution in [2.45, 2.75) is 38.5 Å². The normalized spacial score (nSPS) is 11.1. The highest BCUT2D eigenvalue weighted by atomic mass is 32.2. The molecule has 0 atom stereocenters. The predicted octanol–water partition coefficient (Wildman–Crippen LogP) is 6.65. The van der Waals surface area contributed by atoms with Gasteiger partial charge in [0.1, 0.15) is 0 Å². The number of anilines is 1. The maximum Gasteiger partial charge on any atom is 0.226 e. The van der Waals surface area contributed by atoms with Gasteiger partial charge in [-0.1, -0.05) is 86.3 Å².